The van der Waals surface area contributed by atoms with Crippen molar-refractivity contribution in [3.8, 4) is 23.0 Å². The fourth-order valence-electron chi connectivity index (χ4n) is 4.46. The minimum absolute atomic E-state index is 0.00669. The Morgan fingerprint density at radius 3 is 1.48 bits per heavy atom. The van der Waals surface area contributed by atoms with Gasteiger partial charge in [0, 0.05) is 38.1 Å². The average Bonchev–Trinajstić information content (AvgIpc) is 3.11. The van der Waals surface area contributed by atoms with E-state index >= 15 is 0 Å². The first-order valence-corrected chi connectivity index (χ1v) is 15.8. The van der Waals surface area contributed by atoms with Crippen LogP contribution in [-0.4, -0.2) is 55.9 Å². The van der Waals surface area contributed by atoms with E-state index in [-0.39, 0.29) is 47.2 Å². The number of carbonyl (C=O) groups is 6. The summed E-state index contributed by atoms with van der Waals surface area (Å²) in [5, 5.41) is 39.3. The highest BCUT2D eigenvalue weighted by Gasteiger charge is 2.14. The normalized spacial score (nSPS) is 10.5. The zero-order chi connectivity index (χ0) is 41.4. The first kappa shape index (κ1) is 42.4. The molecule has 0 fully saturated rings. The summed E-state index contributed by atoms with van der Waals surface area (Å²) in [5.41, 5.74) is 1.20. The Morgan fingerprint density at radius 1 is 0.571 bits per heavy atom. The summed E-state index contributed by atoms with van der Waals surface area (Å²) < 4.78 is 20.0. The van der Waals surface area contributed by atoms with E-state index in [0.717, 1.165) is 24.3 Å². The third kappa shape index (κ3) is 14.5. The van der Waals surface area contributed by atoms with Gasteiger partial charge in [-0.25, -0.2) is 9.59 Å². The molecule has 0 bridgehead atoms. The van der Waals surface area contributed by atoms with Gasteiger partial charge in [0.1, 0.15) is 11.5 Å². The number of esters is 4. The van der Waals surface area contributed by atoms with Crippen molar-refractivity contribution in [2.45, 2.75) is 26.7 Å². The van der Waals surface area contributed by atoms with Gasteiger partial charge in [0.05, 0.1) is 34.8 Å². The van der Waals surface area contributed by atoms with Crippen molar-refractivity contribution in [1.29, 1.82) is 0 Å². The topological polar surface area (TPSA) is 266 Å². The molecule has 56 heavy (non-hydrogen) atoms. The molecule has 0 amide bonds. The summed E-state index contributed by atoms with van der Waals surface area (Å²) in [6, 6.07) is 19.2. The number of non-ortho nitro benzene ring substituents is 2. The molecule has 4 aromatic rings. The largest absolute Gasteiger partial charge is 0.481 e. The number of benzene rings is 4. The molecule has 0 saturated heterocycles. The van der Waals surface area contributed by atoms with Gasteiger partial charge in [0.25, 0.3) is 11.4 Å². The average molecular weight is 771 g/mol. The Morgan fingerprint density at radius 2 is 1.02 bits per heavy atom. The summed E-state index contributed by atoms with van der Waals surface area (Å²) >= 11 is 0. The van der Waals surface area contributed by atoms with Crippen LogP contribution in [0.5, 0.6) is 23.0 Å². The van der Waals surface area contributed by atoms with E-state index in [1.165, 1.54) is 92.7 Å². The summed E-state index contributed by atoms with van der Waals surface area (Å²) in [6.07, 6.45) is 4.25. The molecule has 18 nitrogen and oxygen atoms in total. The number of hydrogen-bond donors (Lipinski definition) is 2. The van der Waals surface area contributed by atoms with Gasteiger partial charge in [0.2, 0.25) is 0 Å². The first-order valence-electron chi connectivity index (χ1n) is 15.8. The fourth-order valence-corrected chi connectivity index (χ4v) is 4.46. The molecule has 0 spiro atoms. The van der Waals surface area contributed by atoms with E-state index in [2.05, 4.69) is 0 Å². The number of rotatable bonds is 14. The molecule has 0 aromatic heterocycles. The lowest BCUT2D eigenvalue weighted by Gasteiger charge is -2.09. The number of carbonyl (C=O) groups excluding carboxylic acids is 4. The van der Waals surface area contributed by atoms with Crippen molar-refractivity contribution >= 4 is 59.3 Å². The molecule has 4 rings (SSSR count). The van der Waals surface area contributed by atoms with E-state index in [1.54, 1.807) is 6.07 Å². The zero-order valence-corrected chi connectivity index (χ0v) is 29.3. The van der Waals surface area contributed by atoms with Crippen molar-refractivity contribution in [1.82, 2.24) is 0 Å². The fraction of sp³-hybridized carbons (Fsp3) is 0.105. The molecular weight excluding hydrogens is 740 g/mol. The standard InChI is InChI=1S/2C19H15NO8/c1-12(21)26-17-8-6-14(10-18(17)27-13(2)22)7-9-19(23)28-16-5-3-4-15(11-16)20(24)25;21-17(22)9-13-6-4-12(8-14(13)10-18(23)24)5-7-19(25)28-16-3-1-2-15(11-16)20(26)27/h3-11H,1-2H3;1-8,11H,9-10H2,(H,21,22)(H,23,24)/b9-7+;7-5+. The molecule has 2 N–H and O–H groups in total. The van der Waals surface area contributed by atoms with Crippen LogP contribution in [0.3, 0.4) is 0 Å². The Hall–Kier alpha value is -8.02. The number of carboxylic acids is 2. The Labute approximate surface area is 316 Å². The van der Waals surface area contributed by atoms with E-state index in [1.807, 2.05) is 0 Å². The van der Waals surface area contributed by atoms with E-state index in [9.17, 15) is 49.0 Å². The molecule has 0 radical (unpaired) electrons. The van der Waals surface area contributed by atoms with Crippen LogP contribution in [0.2, 0.25) is 0 Å². The van der Waals surface area contributed by atoms with Gasteiger partial charge < -0.3 is 29.2 Å². The molecule has 0 aliphatic rings. The lowest BCUT2D eigenvalue weighted by atomic mass is 9.99. The third-order valence-corrected chi connectivity index (χ3v) is 6.71. The van der Waals surface area contributed by atoms with Crippen molar-refractivity contribution in [2.24, 2.45) is 0 Å². The van der Waals surface area contributed by atoms with Gasteiger partial charge in [-0.15, -0.1) is 0 Å². The predicted molar refractivity (Wildman–Crippen MR) is 194 cm³/mol. The maximum Gasteiger partial charge on any atom is 0.336 e. The predicted octanol–water partition coefficient (Wildman–Crippen LogP) is 5.53. The molecule has 0 saturated carbocycles. The van der Waals surface area contributed by atoms with Crippen LogP contribution in [-0.2, 0) is 41.6 Å². The maximum absolute atomic E-state index is 11.9. The maximum atomic E-state index is 11.9. The Kier molecular flexibility index (Phi) is 15.4. The van der Waals surface area contributed by atoms with Crippen molar-refractivity contribution in [2.75, 3.05) is 0 Å². The minimum atomic E-state index is -1.11. The van der Waals surface area contributed by atoms with E-state index < -0.39 is 45.7 Å². The molecule has 0 aliphatic carbocycles. The van der Waals surface area contributed by atoms with Crippen LogP contribution in [0.1, 0.15) is 36.1 Å². The van der Waals surface area contributed by atoms with Crippen LogP contribution >= 0.6 is 0 Å². The number of nitro groups is 2. The monoisotopic (exact) mass is 770 g/mol. The highest BCUT2D eigenvalue weighted by atomic mass is 16.6. The summed E-state index contributed by atoms with van der Waals surface area (Å²) in [7, 11) is 0. The molecule has 0 unspecified atom stereocenters. The van der Waals surface area contributed by atoms with Crippen molar-refractivity contribution < 1.29 is 67.8 Å². The number of hydrogen-bond acceptors (Lipinski definition) is 14. The number of nitrogens with zero attached hydrogens (tertiary/aromatic N) is 2. The molecule has 18 heteroatoms. The van der Waals surface area contributed by atoms with Gasteiger partial charge in [-0.2, -0.15) is 0 Å². The van der Waals surface area contributed by atoms with E-state index in [4.69, 9.17) is 29.2 Å². The van der Waals surface area contributed by atoms with Gasteiger partial charge in [0.15, 0.2) is 11.5 Å². The SMILES string of the molecule is CC(=O)Oc1ccc(/C=C/C(=O)Oc2cccc([N+](=O)[O-])c2)cc1OC(C)=O.O=C(O)Cc1ccc(/C=C/C(=O)Oc2cccc([N+](=O)[O-])c2)cc1CC(=O)O. The highest BCUT2D eigenvalue weighted by molar-refractivity contribution is 5.90. The first-order chi connectivity index (χ1) is 26.5. The van der Waals surface area contributed by atoms with Crippen LogP contribution in [0.15, 0.2) is 97.1 Å². The summed E-state index contributed by atoms with van der Waals surface area (Å²) in [5.74, 6) is -4.85. The number of ether oxygens (including phenoxy) is 4. The molecule has 288 valence electrons. The van der Waals surface area contributed by atoms with Crippen LogP contribution < -0.4 is 18.9 Å². The summed E-state index contributed by atoms with van der Waals surface area (Å²) in [6.45, 7) is 2.39. The number of carboxylic acid groups (broad SMARTS) is 2. The van der Waals surface area contributed by atoms with Gasteiger partial charge >= 0.3 is 35.8 Å². The van der Waals surface area contributed by atoms with Crippen molar-refractivity contribution in [3.05, 3.63) is 140 Å². The second kappa shape index (κ2) is 20.3. The second-order valence-corrected chi connectivity index (χ2v) is 11.1. The van der Waals surface area contributed by atoms with Gasteiger partial charge in [-0.1, -0.05) is 36.4 Å². The van der Waals surface area contributed by atoms with Gasteiger partial charge in [-0.05, 0) is 58.7 Å². The van der Waals surface area contributed by atoms with Gasteiger partial charge in [-0.3, -0.25) is 39.4 Å². The number of aliphatic carboxylic acids is 2. The summed E-state index contributed by atoms with van der Waals surface area (Å²) in [4.78, 5) is 88.2. The lowest BCUT2D eigenvalue weighted by Crippen LogP contribution is -2.08. The van der Waals surface area contributed by atoms with Crippen molar-refractivity contribution in [3.63, 3.8) is 0 Å². The molecule has 0 heterocycles. The van der Waals surface area contributed by atoms with Crippen LogP contribution in [0.25, 0.3) is 12.2 Å². The molecule has 0 aliphatic heterocycles. The molecule has 0 atom stereocenters. The molecule has 4 aromatic carbocycles. The third-order valence-electron chi connectivity index (χ3n) is 6.71. The smallest absolute Gasteiger partial charge is 0.336 e. The minimum Gasteiger partial charge on any atom is -0.481 e. The Bertz CT molecular complexity index is 2090. The van der Waals surface area contributed by atoms with Crippen LogP contribution in [0, 0.1) is 20.2 Å². The second-order valence-electron chi connectivity index (χ2n) is 11.1. The number of nitro benzene ring substituents is 2. The van der Waals surface area contributed by atoms with E-state index in [0.29, 0.717) is 22.3 Å². The lowest BCUT2D eigenvalue weighted by molar-refractivity contribution is -0.385. The molecular formula is C38H30N2O16. The quantitative estimate of drug-likeness (QED) is 0.0524. The van der Waals surface area contributed by atoms with Crippen LogP contribution in [0.4, 0.5) is 11.4 Å². The zero-order valence-electron chi connectivity index (χ0n) is 29.3. The highest BCUT2D eigenvalue weighted by Crippen LogP contribution is 2.29. The Balaban J connectivity index is 0.000000300.